The Bertz CT molecular complexity index is 838. The third-order valence-corrected chi connectivity index (χ3v) is 4.86. The normalized spacial score (nSPS) is 14.5. The van der Waals surface area contributed by atoms with Gasteiger partial charge in [-0.3, -0.25) is 9.59 Å². The van der Waals surface area contributed by atoms with Gasteiger partial charge >= 0.3 is 0 Å². The number of piperazine rings is 1. The van der Waals surface area contributed by atoms with Crippen molar-refractivity contribution in [2.45, 2.75) is 26.7 Å². The lowest BCUT2D eigenvalue weighted by Crippen LogP contribution is -2.50. The summed E-state index contributed by atoms with van der Waals surface area (Å²) in [5.41, 5.74) is 1.85. The van der Waals surface area contributed by atoms with Crippen LogP contribution >= 0.6 is 0 Å². The fraction of sp³-hybridized carbons (Fsp3) is 0.421. The van der Waals surface area contributed by atoms with Crippen molar-refractivity contribution in [2.75, 3.05) is 26.2 Å². The van der Waals surface area contributed by atoms with Crippen LogP contribution in [0.1, 0.15) is 33.8 Å². The highest BCUT2D eigenvalue weighted by Crippen LogP contribution is 2.16. The molecular formula is C19H21F2N3O3. The highest BCUT2D eigenvalue weighted by Gasteiger charge is 2.25. The third kappa shape index (κ3) is 4.15. The second-order valence-corrected chi connectivity index (χ2v) is 6.60. The fourth-order valence-electron chi connectivity index (χ4n) is 3.22. The number of hydrogen-bond acceptors (Lipinski definition) is 4. The number of amides is 2. The van der Waals surface area contributed by atoms with Crippen LogP contribution in [0.5, 0.6) is 0 Å². The number of halogens is 2. The van der Waals surface area contributed by atoms with Crippen molar-refractivity contribution in [1.82, 2.24) is 15.0 Å². The van der Waals surface area contributed by atoms with Crippen LogP contribution in [0, 0.1) is 25.5 Å². The summed E-state index contributed by atoms with van der Waals surface area (Å²) < 4.78 is 31.4. The average Bonchev–Trinajstić information content (AvgIpc) is 2.99. The number of carbonyl (C=O) groups is 2. The molecule has 27 heavy (non-hydrogen) atoms. The Morgan fingerprint density at radius 1 is 1.07 bits per heavy atom. The molecule has 1 aliphatic rings. The van der Waals surface area contributed by atoms with E-state index in [0.717, 1.165) is 29.2 Å². The molecule has 0 radical (unpaired) electrons. The number of aromatic nitrogens is 1. The molecule has 0 bridgehead atoms. The molecule has 1 saturated heterocycles. The van der Waals surface area contributed by atoms with Crippen molar-refractivity contribution in [1.29, 1.82) is 0 Å². The van der Waals surface area contributed by atoms with E-state index in [-0.39, 0.29) is 17.4 Å². The SMILES string of the molecule is Cc1noc(C)c1CCC(=O)N1CCN(C(=O)c2ccc(F)c(F)c2)CC1. The highest BCUT2D eigenvalue weighted by atomic mass is 19.2. The lowest BCUT2D eigenvalue weighted by molar-refractivity contribution is -0.132. The van der Waals surface area contributed by atoms with Crippen LogP contribution in [0.15, 0.2) is 22.7 Å². The molecule has 6 nitrogen and oxygen atoms in total. The minimum atomic E-state index is -1.05. The van der Waals surface area contributed by atoms with Crippen LogP contribution in [-0.4, -0.2) is 52.9 Å². The van der Waals surface area contributed by atoms with Crippen molar-refractivity contribution in [3.05, 3.63) is 52.4 Å². The Kier molecular flexibility index (Phi) is 5.53. The lowest BCUT2D eigenvalue weighted by Gasteiger charge is -2.35. The van der Waals surface area contributed by atoms with E-state index in [2.05, 4.69) is 5.16 Å². The van der Waals surface area contributed by atoms with Crippen LogP contribution in [0.2, 0.25) is 0 Å². The van der Waals surface area contributed by atoms with E-state index in [1.54, 1.807) is 9.80 Å². The molecule has 0 atom stereocenters. The van der Waals surface area contributed by atoms with Gasteiger partial charge in [-0.05, 0) is 38.5 Å². The van der Waals surface area contributed by atoms with Crippen molar-refractivity contribution >= 4 is 11.8 Å². The summed E-state index contributed by atoms with van der Waals surface area (Å²) in [7, 11) is 0. The van der Waals surface area contributed by atoms with Gasteiger partial charge in [0.2, 0.25) is 5.91 Å². The van der Waals surface area contributed by atoms with Gasteiger partial charge in [-0.2, -0.15) is 0 Å². The van der Waals surface area contributed by atoms with Crippen molar-refractivity contribution in [3.63, 3.8) is 0 Å². The Morgan fingerprint density at radius 3 is 2.33 bits per heavy atom. The average molecular weight is 377 g/mol. The minimum absolute atomic E-state index is 0.00919. The number of rotatable bonds is 4. The smallest absolute Gasteiger partial charge is 0.254 e. The summed E-state index contributed by atoms with van der Waals surface area (Å²) in [5.74, 6) is -1.66. The topological polar surface area (TPSA) is 66.7 Å². The third-order valence-electron chi connectivity index (χ3n) is 4.86. The Hall–Kier alpha value is -2.77. The zero-order valence-corrected chi connectivity index (χ0v) is 15.3. The first-order chi connectivity index (χ1) is 12.9. The van der Waals surface area contributed by atoms with Gasteiger partial charge in [-0.15, -0.1) is 0 Å². The lowest BCUT2D eigenvalue weighted by atomic mass is 10.1. The largest absolute Gasteiger partial charge is 0.361 e. The molecule has 0 spiro atoms. The zero-order chi connectivity index (χ0) is 19.6. The van der Waals surface area contributed by atoms with E-state index < -0.39 is 11.6 Å². The fourth-order valence-corrected chi connectivity index (χ4v) is 3.22. The summed E-state index contributed by atoms with van der Waals surface area (Å²) in [5, 5.41) is 3.88. The molecule has 0 unspecified atom stereocenters. The standard InChI is InChI=1S/C19H21F2N3O3/c1-12-15(13(2)27-22-12)4-6-18(25)23-7-9-24(10-8-23)19(26)14-3-5-16(20)17(21)11-14/h3,5,11H,4,6-10H2,1-2H3. The molecule has 1 aliphatic heterocycles. The number of aryl methyl sites for hydroxylation is 2. The van der Waals surface area contributed by atoms with Crippen LogP contribution in [0.3, 0.4) is 0 Å². The Balaban J connectivity index is 1.52. The molecule has 2 heterocycles. The maximum Gasteiger partial charge on any atom is 0.254 e. The van der Waals surface area contributed by atoms with Crippen LogP contribution in [0.25, 0.3) is 0 Å². The van der Waals surface area contributed by atoms with Gasteiger partial charge in [0.05, 0.1) is 5.69 Å². The zero-order valence-electron chi connectivity index (χ0n) is 15.3. The van der Waals surface area contributed by atoms with Crippen molar-refractivity contribution in [3.8, 4) is 0 Å². The quantitative estimate of drug-likeness (QED) is 0.821. The van der Waals surface area contributed by atoms with E-state index in [1.165, 1.54) is 6.07 Å². The van der Waals surface area contributed by atoms with Gasteiger partial charge in [-0.25, -0.2) is 8.78 Å². The maximum atomic E-state index is 13.3. The van der Waals surface area contributed by atoms with Gasteiger partial charge in [0.1, 0.15) is 5.76 Å². The molecule has 8 heteroatoms. The molecule has 0 aliphatic carbocycles. The van der Waals surface area contributed by atoms with E-state index in [0.29, 0.717) is 39.0 Å². The predicted molar refractivity (Wildman–Crippen MR) is 93.1 cm³/mol. The first kappa shape index (κ1) is 19.0. The molecule has 0 saturated carbocycles. The molecule has 3 rings (SSSR count). The monoisotopic (exact) mass is 377 g/mol. The summed E-state index contributed by atoms with van der Waals surface area (Å²) in [6.07, 6.45) is 0.911. The van der Waals surface area contributed by atoms with Crippen LogP contribution in [0.4, 0.5) is 8.78 Å². The summed E-state index contributed by atoms with van der Waals surface area (Å²) in [6, 6.07) is 3.11. The summed E-state index contributed by atoms with van der Waals surface area (Å²) in [6.45, 7) is 5.21. The molecule has 1 aromatic heterocycles. The first-order valence-corrected chi connectivity index (χ1v) is 8.80. The molecule has 2 amide bonds. The van der Waals surface area contributed by atoms with E-state index >= 15 is 0 Å². The number of nitrogens with zero attached hydrogens (tertiary/aromatic N) is 3. The van der Waals surface area contributed by atoms with Gasteiger partial charge in [-0.1, -0.05) is 5.16 Å². The maximum absolute atomic E-state index is 13.3. The van der Waals surface area contributed by atoms with E-state index in [1.807, 2.05) is 13.8 Å². The minimum Gasteiger partial charge on any atom is -0.361 e. The molecule has 1 aromatic carbocycles. The number of hydrogen-bond donors (Lipinski definition) is 0. The van der Waals surface area contributed by atoms with E-state index in [9.17, 15) is 18.4 Å². The number of benzene rings is 1. The van der Waals surface area contributed by atoms with Crippen molar-refractivity contribution in [2.24, 2.45) is 0 Å². The Labute approximate surface area is 155 Å². The number of carbonyl (C=O) groups excluding carboxylic acids is 2. The molecule has 144 valence electrons. The molecule has 2 aromatic rings. The summed E-state index contributed by atoms with van der Waals surface area (Å²) >= 11 is 0. The van der Waals surface area contributed by atoms with Gasteiger partial charge in [0.15, 0.2) is 11.6 Å². The van der Waals surface area contributed by atoms with Crippen molar-refractivity contribution < 1.29 is 22.9 Å². The van der Waals surface area contributed by atoms with Gasteiger partial charge in [0.25, 0.3) is 5.91 Å². The molecule has 1 fully saturated rings. The predicted octanol–water partition coefficient (Wildman–Crippen LogP) is 2.49. The van der Waals surface area contributed by atoms with Crippen LogP contribution in [-0.2, 0) is 11.2 Å². The van der Waals surface area contributed by atoms with Gasteiger partial charge < -0.3 is 14.3 Å². The van der Waals surface area contributed by atoms with E-state index in [4.69, 9.17) is 4.52 Å². The molecular weight excluding hydrogens is 356 g/mol. The summed E-state index contributed by atoms with van der Waals surface area (Å²) in [4.78, 5) is 28.1. The first-order valence-electron chi connectivity index (χ1n) is 8.80. The van der Waals surface area contributed by atoms with Crippen LogP contribution < -0.4 is 0 Å². The second-order valence-electron chi connectivity index (χ2n) is 6.60. The highest BCUT2D eigenvalue weighted by molar-refractivity contribution is 5.94. The Morgan fingerprint density at radius 2 is 1.74 bits per heavy atom. The second kappa shape index (κ2) is 7.85. The van der Waals surface area contributed by atoms with Gasteiger partial charge in [0, 0.05) is 43.7 Å². The molecule has 0 N–H and O–H groups in total.